The number of hydrogen-bond acceptors (Lipinski definition) is 2. The molecule has 0 aliphatic rings. The summed E-state index contributed by atoms with van der Waals surface area (Å²) in [6.45, 7) is 0. The number of hydrogen-bond donors (Lipinski definition) is 0. The summed E-state index contributed by atoms with van der Waals surface area (Å²) in [5.41, 5.74) is 13.3. The Bertz CT molecular complexity index is 3540. The molecular weight excluding hydrogens is 717 g/mol. The Balaban J connectivity index is 0.977. The van der Waals surface area contributed by atoms with Crippen LogP contribution in [0.15, 0.2) is 223 Å². The fourth-order valence-electron chi connectivity index (χ4n) is 9.19. The molecule has 0 N–H and O–H groups in total. The van der Waals surface area contributed by atoms with Crippen molar-refractivity contribution in [3.63, 3.8) is 0 Å². The fourth-order valence-corrected chi connectivity index (χ4v) is 9.19. The molecule has 0 unspecified atom stereocenters. The summed E-state index contributed by atoms with van der Waals surface area (Å²) in [6.07, 6.45) is 0. The summed E-state index contributed by atoms with van der Waals surface area (Å²) in [4.78, 5) is 2.37. The first kappa shape index (κ1) is 33.3. The summed E-state index contributed by atoms with van der Waals surface area (Å²) in [5, 5.41) is 9.73. The van der Waals surface area contributed by atoms with Crippen LogP contribution in [0.3, 0.4) is 0 Å². The molecule has 0 bridgehead atoms. The molecular formula is C56H36N2O. The van der Waals surface area contributed by atoms with Gasteiger partial charge in [-0.05, 0) is 123 Å². The maximum atomic E-state index is 6.25. The van der Waals surface area contributed by atoms with Gasteiger partial charge >= 0.3 is 0 Å². The van der Waals surface area contributed by atoms with E-state index in [2.05, 4.69) is 216 Å². The topological polar surface area (TPSA) is 21.3 Å². The van der Waals surface area contributed by atoms with E-state index < -0.39 is 0 Å². The lowest BCUT2D eigenvalue weighted by Gasteiger charge is -2.26. The van der Waals surface area contributed by atoms with Crippen molar-refractivity contribution in [1.29, 1.82) is 0 Å². The average molecular weight is 753 g/mol. The van der Waals surface area contributed by atoms with Crippen LogP contribution in [0.25, 0.3) is 93.2 Å². The highest BCUT2D eigenvalue weighted by Crippen LogP contribution is 2.42. The van der Waals surface area contributed by atoms with Crippen LogP contribution in [0, 0.1) is 0 Å². The van der Waals surface area contributed by atoms with Crippen LogP contribution in [0.4, 0.5) is 17.1 Å². The maximum absolute atomic E-state index is 6.25. The zero-order chi connectivity index (χ0) is 38.9. The zero-order valence-electron chi connectivity index (χ0n) is 32.1. The van der Waals surface area contributed by atoms with Crippen molar-refractivity contribution in [1.82, 2.24) is 4.57 Å². The smallest absolute Gasteiger partial charge is 0.136 e. The van der Waals surface area contributed by atoms with Gasteiger partial charge in [-0.25, -0.2) is 0 Å². The third kappa shape index (κ3) is 5.44. The van der Waals surface area contributed by atoms with Crippen LogP contribution in [-0.2, 0) is 0 Å². The second kappa shape index (κ2) is 13.4. The van der Waals surface area contributed by atoms with Crippen molar-refractivity contribution in [2.24, 2.45) is 0 Å². The lowest BCUT2D eigenvalue weighted by Crippen LogP contribution is -2.09. The van der Waals surface area contributed by atoms with Gasteiger partial charge in [-0.1, -0.05) is 140 Å². The SMILES string of the molecule is c1ccc(-n2c3ccccc3c3cc(-c4ccc(N(c5ccc(-c6cccc7oc8ccccc8c67)cc5)c5ccc6ccc7ccccc7c6c5)cc4)ccc32)cc1. The van der Waals surface area contributed by atoms with Gasteiger partial charge in [0.2, 0.25) is 0 Å². The van der Waals surface area contributed by atoms with Gasteiger partial charge < -0.3 is 13.9 Å². The third-order valence-electron chi connectivity index (χ3n) is 12.0. The Labute approximate surface area is 341 Å². The van der Waals surface area contributed by atoms with Gasteiger partial charge in [0.1, 0.15) is 11.2 Å². The Morgan fingerprint density at radius 3 is 1.75 bits per heavy atom. The number of nitrogens with zero attached hydrogens (tertiary/aromatic N) is 2. The quantitative estimate of drug-likeness (QED) is 0.158. The highest BCUT2D eigenvalue weighted by molar-refractivity contribution is 6.13. The molecule has 2 heterocycles. The minimum Gasteiger partial charge on any atom is -0.456 e. The molecule has 12 aromatic rings. The Hall–Kier alpha value is -7.88. The third-order valence-corrected chi connectivity index (χ3v) is 12.0. The summed E-state index contributed by atoms with van der Waals surface area (Å²) in [7, 11) is 0. The average Bonchev–Trinajstić information content (AvgIpc) is 3.86. The molecule has 0 aliphatic carbocycles. The van der Waals surface area contributed by atoms with Gasteiger partial charge in [0.25, 0.3) is 0 Å². The van der Waals surface area contributed by atoms with Crippen molar-refractivity contribution in [3.05, 3.63) is 218 Å². The summed E-state index contributed by atoms with van der Waals surface area (Å²) in [6, 6.07) is 78.8. The minimum absolute atomic E-state index is 0.902. The van der Waals surface area contributed by atoms with E-state index in [-0.39, 0.29) is 0 Å². The van der Waals surface area contributed by atoms with Crippen molar-refractivity contribution >= 4 is 82.4 Å². The summed E-state index contributed by atoms with van der Waals surface area (Å²) >= 11 is 0. The predicted molar refractivity (Wildman–Crippen MR) is 249 cm³/mol. The summed E-state index contributed by atoms with van der Waals surface area (Å²) in [5.74, 6) is 0. The number of anilines is 3. The molecule has 3 nitrogen and oxygen atoms in total. The van der Waals surface area contributed by atoms with Gasteiger partial charge in [0.05, 0.1) is 11.0 Å². The molecule has 0 fully saturated rings. The number of rotatable bonds is 6. The lowest BCUT2D eigenvalue weighted by atomic mass is 9.98. The van der Waals surface area contributed by atoms with E-state index in [1.165, 1.54) is 54.5 Å². The van der Waals surface area contributed by atoms with Crippen molar-refractivity contribution in [3.8, 4) is 27.9 Å². The molecule has 0 saturated heterocycles. The van der Waals surface area contributed by atoms with E-state index >= 15 is 0 Å². The molecule has 276 valence electrons. The molecule has 0 aliphatic heterocycles. The second-order valence-electron chi connectivity index (χ2n) is 15.3. The number of benzene rings is 10. The summed E-state index contributed by atoms with van der Waals surface area (Å²) < 4.78 is 8.62. The number of furan rings is 1. The van der Waals surface area contributed by atoms with Gasteiger partial charge in [-0.3, -0.25) is 0 Å². The van der Waals surface area contributed by atoms with Crippen molar-refractivity contribution in [2.75, 3.05) is 4.90 Å². The second-order valence-corrected chi connectivity index (χ2v) is 15.3. The number of fused-ring (bicyclic) bond motifs is 9. The first-order valence-corrected chi connectivity index (χ1v) is 20.2. The van der Waals surface area contributed by atoms with Crippen LogP contribution in [0.2, 0.25) is 0 Å². The van der Waals surface area contributed by atoms with E-state index in [1.807, 2.05) is 12.1 Å². The van der Waals surface area contributed by atoms with E-state index in [4.69, 9.17) is 4.42 Å². The van der Waals surface area contributed by atoms with Gasteiger partial charge in [-0.2, -0.15) is 0 Å². The van der Waals surface area contributed by atoms with Crippen molar-refractivity contribution < 1.29 is 4.42 Å². The lowest BCUT2D eigenvalue weighted by molar-refractivity contribution is 0.669. The van der Waals surface area contributed by atoms with Crippen LogP contribution in [0.1, 0.15) is 0 Å². The number of aromatic nitrogens is 1. The molecule has 0 radical (unpaired) electrons. The van der Waals surface area contributed by atoms with Gasteiger partial charge in [0.15, 0.2) is 0 Å². The van der Waals surface area contributed by atoms with E-state index in [0.29, 0.717) is 0 Å². The van der Waals surface area contributed by atoms with Crippen LogP contribution < -0.4 is 4.90 Å². The fraction of sp³-hybridized carbons (Fsp3) is 0. The molecule has 0 atom stereocenters. The number of para-hydroxylation sites is 3. The minimum atomic E-state index is 0.902. The van der Waals surface area contributed by atoms with Crippen LogP contribution >= 0.6 is 0 Å². The molecule has 0 saturated carbocycles. The van der Waals surface area contributed by atoms with Crippen LogP contribution in [0.5, 0.6) is 0 Å². The largest absolute Gasteiger partial charge is 0.456 e. The molecule has 12 rings (SSSR count). The Morgan fingerprint density at radius 2 is 0.932 bits per heavy atom. The molecule has 2 aromatic heterocycles. The molecule has 3 heteroatoms. The standard InChI is InChI=1S/C56H36N2O/c1-2-12-42(13-3-1)58-52-18-8-6-15-48(52)51-35-41(28-34-53(51)58)37-23-29-43(30-24-37)57(45-33-27-40-22-21-38-11-4-5-14-46(38)50(40)36-45)44-31-25-39(26-32-44)47-17-10-20-55-56(47)49-16-7-9-19-54(49)59-55/h1-36H. The highest BCUT2D eigenvalue weighted by Gasteiger charge is 2.18. The van der Waals surface area contributed by atoms with Gasteiger partial charge in [-0.15, -0.1) is 0 Å². The monoisotopic (exact) mass is 752 g/mol. The first-order valence-electron chi connectivity index (χ1n) is 20.2. The first-order chi connectivity index (χ1) is 29.2. The highest BCUT2D eigenvalue weighted by atomic mass is 16.3. The normalized spacial score (nSPS) is 11.7. The van der Waals surface area contributed by atoms with Crippen molar-refractivity contribution in [2.45, 2.75) is 0 Å². The van der Waals surface area contributed by atoms with E-state index in [0.717, 1.165) is 55.8 Å². The molecule has 10 aromatic carbocycles. The van der Waals surface area contributed by atoms with E-state index in [1.54, 1.807) is 0 Å². The molecule has 0 spiro atoms. The van der Waals surface area contributed by atoms with Gasteiger partial charge in [0, 0.05) is 44.3 Å². The van der Waals surface area contributed by atoms with E-state index in [9.17, 15) is 0 Å². The van der Waals surface area contributed by atoms with Crippen LogP contribution in [-0.4, -0.2) is 4.57 Å². The molecule has 0 amide bonds. The Kier molecular flexibility index (Phi) is 7.54. The molecule has 59 heavy (non-hydrogen) atoms. The zero-order valence-corrected chi connectivity index (χ0v) is 32.1. The Morgan fingerprint density at radius 1 is 0.339 bits per heavy atom. The predicted octanol–water partition coefficient (Wildman–Crippen LogP) is 15.8. The maximum Gasteiger partial charge on any atom is 0.136 e.